The van der Waals surface area contributed by atoms with Gasteiger partial charge in [0.2, 0.25) is 0 Å². The van der Waals surface area contributed by atoms with E-state index in [9.17, 15) is 4.79 Å². The number of benzene rings is 2. The van der Waals surface area contributed by atoms with Crippen LogP contribution in [0.5, 0.6) is 0 Å². The molecule has 2 nitrogen and oxygen atoms in total. The molecule has 0 aliphatic carbocycles. The van der Waals surface area contributed by atoms with Gasteiger partial charge in [0.1, 0.15) is 0 Å². The van der Waals surface area contributed by atoms with Gasteiger partial charge in [-0.2, -0.15) is 0 Å². The first-order chi connectivity index (χ1) is 10.4. The third-order valence-corrected chi connectivity index (χ3v) is 3.26. The minimum atomic E-state index is -0.315. The van der Waals surface area contributed by atoms with Crippen molar-refractivity contribution in [3.8, 4) is 0 Å². The maximum atomic E-state index is 11.8. The summed E-state index contributed by atoms with van der Waals surface area (Å²) in [6.45, 7) is 6.50. The SMILES string of the molecule is COC(=O)c1cccc(/C(=C/C(C)(C)C)c2ccccc2)c1. The van der Waals surface area contributed by atoms with Gasteiger partial charge in [0.05, 0.1) is 12.7 Å². The molecule has 0 radical (unpaired) electrons. The molecule has 2 rings (SSSR count). The molecule has 22 heavy (non-hydrogen) atoms. The van der Waals surface area contributed by atoms with Gasteiger partial charge in [-0.15, -0.1) is 0 Å². The van der Waals surface area contributed by atoms with E-state index >= 15 is 0 Å². The number of rotatable bonds is 3. The molecule has 0 unspecified atom stereocenters. The Kier molecular flexibility index (Phi) is 4.81. The Hall–Kier alpha value is -2.35. The number of carbonyl (C=O) groups is 1. The van der Waals surface area contributed by atoms with Crippen molar-refractivity contribution in [2.75, 3.05) is 7.11 Å². The van der Waals surface area contributed by atoms with E-state index in [4.69, 9.17) is 4.74 Å². The van der Waals surface area contributed by atoms with Crippen LogP contribution >= 0.6 is 0 Å². The molecule has 0 aliphatic rings. The highest BCUT2D eigenvalue weighted by Crippen LogP contribution is 2.29. The number of esters is 1. The summed E-state index contributed by atoms with van der Waals surface area (Å²) in [5.41, 5.74) is 3.88. The molecule has 0 saturated carbocycles. The van der Waals surface area contributed by atoms with Crippen molar-refractivity contribution < 1.29 is 9.53 Å². The van der Waals surface area contributed by atoms with Gasteiger partial charge in [0.25, 0.3) is 0 Å². The molecule has 0 saturated heterocycles. The van der Waals surface area contributed by atoms with Crippen molar-refractivity contribution in [1.29, 1.82) is 0 Å². The Bertz CT molecular complexity index is 676. The summed E-state index contributed by atoms with van der Waals surface area (Å²) < 4.78 is 4.82. The van der Waals surface area contributed by atoms with Gasteiger partial charge in [-0.25, -0.2) is 4.79 Å². The van der Waals surface area contributed by atoms with Gasteiger partial charge >= 0.3 is 5.97 Å². The molecular formula is C20H22O2. The fraction of sp³-hybridized carbons (Fsp3) is 0.250. The number of ether oxygens (including phenoxy) is 1. The Morgan fingerprint density at radius 1 is 0.909 bits per heavy atom. The van der Waals surface area contributed by atoms with Gasteiger partial charge in [-0.3, -0.25) is 0 Å². The summed E-state index contributed by atoms with van der Waals surface area (Å²) in [4.78, 5) is 11.8. The molecule has 0 bridgehead atoms. The lowest BCUT2D eigenvalue weighted by atomic mass is 9.87. The molecule has 2 aromatic rings. The molecule has 2 aromatic carbocycles. The lowest BCUT2D eigenvalue weighted by Gasteiger charge is -2.18. The highest BCUT2D eigenvalue weighted by Gasteiger charge is 2.14. The number of hydrogen-bond donors (Lipinski definition) is 0. The molecule has 0 aliphatic heterocycles. The van der Waals surface area contributed by atoms with Gasteiger partial charge in [0.15, 0.2) is 0 Å². The number of allylic oxidation sites excluding steroid dienone is 1. The summed E-state index contributed by atoms with van der Waals surface area (Å²) in [7, 11) is 1.40. The fourth-order valence-electron chi connectivity index (χ4n) is 2.32. The van der Waals surface area contributed by atoms with E-state index in [1.54, 1.807) is 6.07 Å². The summed E-state index contributed by atoms with van der Waals surface area (Å²) in [5, 5.41) is 0. The highest BCUT2D eigenvalue weighted by molar-refractivity contribution is 5.91. The average molecular weight is 294 g/mol. The van der Waals surface area contributed by atoms with Gasteiger partial charge < -0.3 is 4.74 Å². The van der Waals surface area contributed by atoms with E-state index in [2.05, 4.69) is 39.0 Å². The second-order valence-corrected chi connectivity index (χ2v) is 6.36. The van der Waals surface area contributed by atoms with Crippen LogP contribution in [0.2, 0.25) is 0 Å². The molecule has 114 valence electrons. The van der Waals surface area contributed by atoms with Crippen molar-refractivity contribution in [1.82, 2.24) is 0 Å². The molecule has 0 amide bonds. The van der Waals surface area contributed by atoms with Crippen LogP contribution < -0.4 is 0 Å². The van der Waals surface area contributed by atoms with E-state index < -0.39 is 0 Å². The van der Waals surface area contributed by atoms with Crippen LogP contribution in [0.15, 0.2) is 60.7 Å². The molecule has 0 fully saturated rings. The standard InChI is InChI=1S/C20H22O2/c1-20(2,3)14-18(15-9-6-5-7-10-15)16-11-8-12-17(13-16)19(21)22-4/h5-14H,1-4H3/b18-14+. The van der Waals surface area contributed by atoms with Crippen LogP contribution in [-0.4, -0.2) is 13.1 Å². The quantitative estimate of drug-likeness (QED) is 0.749. The maximum Gasteiger partial charge on any atom is 0.337 e. The minimum Gasteiger partial charge on any atom is -0.465 e. The van der Waals surface area contributed by atoms with Crippen LogP contribution in [0, 0.1) is 5.41 Å². The zero-order chi connectivity index (χ0) is 16.2. The number of carbonyl (C=O) groups excluding carboxylic acids is 1. The first kappa shape index (κ1) is 16.0. The van der Waals surface area contributed by atoms with Gasteiger partial charge in [-0.05, 0) is 34.2 Å². The second kappa shape index (κ2) is 6.61. The Morgan fingerprint density at radius 3 is 2.09 bits per heavy atom. The average Bonchev–Trinajstić information content (AvgIpc) is 2.52. The largest absolute Gasteiger partial charge is 0.465 e. The van der Waals surface area contributed by atoms with Gasteiger partial charge in [-0.1, -0.05) is 69.3 Å². The van der Waals surface area contributed by atoms with Crippen LogP contribution in [0.1, 0.15) is 42.3 Å². The Morgan fingerprint density at radius 2 is 1.50 bits per heavy atom. The summed E-state index contributed by atoms with van der Waals surface area (Å²) >= 11 is 0. The number of hydrogen-bond acceptors (Lipinski definition) is 2. The van der Waals surface area contributed by atoms with E-state index in [-0.39, 0.29) is 11.4 Å². The first-order valence-corrected chi connectivity index (χ1v) is 7.38. The normalized spacial score (nSPS) is 12.1. The van der Waals surface area contributed by atoms with Crippen molar-refractivity contribution in [3.05, 3.63) is 77.4 Å². The van der Waals surface area contributed by atoms with Gasteiger partial charge in [0, 0.05) is 0 Å². The van der Waals surface area contributed by atoms with Crippen LogP contribution in [0.4, 0.5) is 0 Å². The zero-order valence-corrected chi connectivity index (χ0v) is 13.6. The van der Waals surface area contributed by atoms with Crippen molar-refractivity contribution in [2.45, 2.75) is 20.8 Å². The van der Waals surface area contributed by atoms with E-state index in [1.165, 1.54) is 7.11 Å². The smallest absolute Gasteiger partial charge is 0.337 e. The molecule has 0 heterocycles. The zero-order valence-electron chi connectivity index (χ0n) is 13.6. The Balaban J connectivity index is 2.56. The first-order valence-electron chi connectivity index (χ1n) is 7.38. The third-order valence-electron chi connectivity index (χ3n) is 3.26. The molecule has 0 aromatic heterocycles. The molecule has 0 N–H and O–H groups in total. The Labute approximate surface area is 132 Å². The predicted octanol–water partition coefficient (Wildman–Crippen LogP) is 4.95. The molecule has 0 atom stereocenters. The highest BCUT2D eigenvalue weighted by atomic mass is 16.5. The summed E-state index contributed by atoms with van der Waals surface area (Å²) in [6, 6.07) is 17.8. The van der Waals surface area contributed by atoms with Crippen molar-refractivity contribution in [2.24, 2.45) is 5.41 Å². The lowest BCUT2D eigenvalue weighted by Crippen LogP contribution is -2.04. The lowest BCUT2D eigenvalue weighted by molar-refractivity contribution is 0.0600. The third kappa shape index (κ3) is 4.08. The second-order valence-electron chi connectivity index (χ2n) is 6.36. The van der Waals surface area contributed by atoms with Crippen molar-refractivity contribution >= 4 is 11.5 Å². The van der Waals surface area contributed by atoms with Crippen LogP contribution in [-0.2, 0) is 4.74 Å². The van der Waals surface area contributed by atoms with E-state index in [0.29, 0.717) is 5.56 Å². The summed E-state index contributed by atoms with van der Waals surface area (Å²) in [6.07, 6.45) is 2.23. The van der Waals surface area contributed by atoms with E-state index in [0.717, 1.165) is 16.7 Å². The summed E-state index contributed by atoms with van der Waals surface area (Å²) in [5.74, 6) is -0.315. The topological polar surface area (TPSA) is 26.3 Å². The fourth-order valence-corrected chi connectivity index (χ4v) is 2.32. The molecule has 0 spiro atoms. The minimum absolute atomic E-state index is 0.0342. The predicted molar refractivity (Wildman–Crippen MR) is 90.8 cm³/mol. The molecule has 2 heteroatoms. The molecular weight excluding hydrogens is 272 g/mol. The maximum absolute atomic E-state index is 11.8. The van der Waals surface area contributed by atoms with Crippen molar-refractivity contribution in [3.63, 3.8) is 0 Å². The van der Waals surface area contributed by atoms with Crippen LogP contribution in [0.25, 0.3) is 5.57 Å². The van der Waals surface area contributed by atoms with E-state index in [1.807, 2.05) is 36.4 Å². The number of methoxy groups -OCH3 is 1. The van der Waals surface area contributed by atoms with Crippen LogP contribution in [0.3, 0.4) is 0 Å². The monoisotopic (exact) mass is 294 g/mol.